The van der Waals surface area contributed by atoms with Crippen molar-refractivity contribution >= 4 is 40.1 Å². The third-order valence-electron chi connectivity index (χ3n) is 2.77. The lowest BCUT2D eigenvalue weighted by molar-refractivity contribution is -0.141. The van der Waals surface area contributed by atoms with E-state index < -0.39 is 12.0 Å². The average molecular weight is 273 g/mol. The van der Waals surface area contributed by atoms with E-state index >= 15 is 0 Å². The molecule has 1 aromatic carbocycles. The van der Waals surface area contributed by atoms with E-state index in [0.29, 0.717) is 0 Å². The molecule has 5 nitrogen and oxygen atoms in total. The van der Waals surface area contributed by atoms with Crippen molar-refractivity contribution in [2.24, 2.45) is 0 Å². The van der Waals surface area contributed by atoms with Crippen molar-refractivity contribution < 1.29 is 14.7 Å². The van der Waals surface area contributed by atoms with E-state index in [4.69, 9.17) is 5.11 Å². The fourth-order valence-corrected chi connectivity index (χ4v) is 1.97. The van der Waals surface area contributed by atoms with E-state index in [-0.39, 0.29) is 29.7 Å². The Bertz CT molecular complexity index is 594. The third-order valence-corrected chi connectivity index (χ3v) is 2.77. The zero-order chi connectivity index (χ0) is 13.1. The number of benzene rings is 1. The van der Waals surface area contributed by atoms with E-state index in [1.807, 2.05) is 24.3 Å². The Balaban J connectivity index is 0.00000180. The number of fused-ring (bicyclic) bond motifs is 1. The standard InChI is InChI=1S/C13H14N2O3.Al/c1-8(16)15-12(13(17)18)6-9-7-14-11-5-3-2-4-10(9)11;/h2-5,7,12,14H,6H2,1H3,(H,15,16)(H,17,18);. The van der Waals surface area contributed by atoms with Gasteiger partial charge in [-0.1, -0.05) is 18.2 Å². The molecular formula is C13H14AlN2O3. The zero-order valence-corrected chi connectivity index (χ0v) is 11.7. The van der Waals surface area contributed by atoms with Crippen molar-refractivity contribution in [2.45, 2.75) is 19.4 Å². The molecule has 97 valence electrons. The van der Waals surface area contributed by atoms with Crippen molar-refractivity contribution in [1.82, 2.24) is 10.3 Å². The van der Waals surface area contributed by atoms with E-state index in [1.54, 1.807) is 6.20 Å². The van der Waals surface area contributed by atoms with Crippen LogP contribution >= 0.6 is 0 Å². The Morgan fingerprint density at radius 3 is 2.68 bits per heavy atom. The van der Waals surface area contributed by atoms with Crippen molar-refractivity contribution in [3.8, 4) is 0 Å². The molecule has 3 N–H and O–H groups in total. The maximum absolute atomic E-state index is 11.1. The number of carbonyl (C=O) groups is 2. The first-order valence-electron chi connectivity index (χ1n) is 5.63. The van der Waals surface area contributed by atoms with Crippen LogP contribution in [0, 0.1) is 0 Å². The van der Waals surface area contributed by atoms with Crippen LogP contribution < -0.4 is 5.32 Å². The fourth-order valence-electron chi connectivity index (χ4n) is 1.97. The number of aliphatic carboxylic acids is 1. The lowest BCUT2D eigenvalue weighted by Gasteiger charge is -2.12. The highest BCUT2D eigenvalue weighted by Crippen LogP contribution is 2.19. The number of rotatable bonds is 4. The number of amides is 1. The van der Waals surface area contributed by atoms with Gasteiger partial charge in [-0.25, -0.2) is 4.79 Å². The van der Waals surface area contributed by atoms with E-state index in [2.05, 4.69) is 10.3 Å². The predicted octanol–water partition coefficient (Wildman–Crippen LogP) is 0.919. The SMILES string of the molecule is CC(=O)NC(Cc1c[nH]c2ccccc12)C(=O)O.[Al]. The highest BCUT2D eigenvalue weighted by atomic mass is 27.0. The molecule has 1 unspecified atom stereocenters. The quantitative estimate of drug-likeness (QED) is 0.724. The Morgan fingerprint density at radius 1 is 1.37 bits per heavy atom. The summed E-state index contributed by atoms with van der Waals surface area (Å²) in [6, 6.07) is 6.75. The molecule has 1 heterocycles. The maximum atomic E-state index is 11.1. The van der Waals surface area contributed by atoms with Crippen LogP contribution in [0.3, 0.4) is 0 Å². The minimum absolute atomic E-state index is 0. The Hall–Kier alpha value is -1.77. The number of para-hydroxylation sites is 1. The summed E-state index contributed by atoms with van der Waals surface area (Å²) >= 11 is 0. The molecule has 0 bridgehead atoms. The van der Waals surface area contributed by atoms with Crippen LogP contribution in [0.1, 0.15) is 12.5 Å². The monoisotopic (exact) mass is 273 g/mol. The van der Waals surface area contributed by atoms with E-state index in [9.17, 15) is 9.59 Å². The van der Waals surface area contributed by atoms with Gasteiger partial charge < -0.3 is 15.4 Å². The molecule has 0 spiro atoms. The largest absolute Gasteiger partial charge is 0.480 e. The normalized spacial score (nSPS) is 11.6. The highest BCUT2D eigenvalue weighted by Gasteiger charge is 2.20. The van der Waals surface area contributed by atoms with Crippen LogP contribution in [0.15, 0.2) is 30.5 Å². The smallest absolute Gasteiger partial charge is 0.326 e. The van der Waals surface area contributed by atoms with Gasteiger partial charge in [0.1, 0.15) is 6.04 Å². The van der Waals surface area contributed by atoms with Gasteiger partial charge in [-0.05, 0) is 11.6 Å². The zero-order valence-electron chi connectivity index (χ0n) is 10.5. The van der Waals surface area contributed by atoms with Gasteiger partial charge in [-0.2, -0.15) is 0 Å². The maximum Gasteiger partial charge on any atom is 0.326 e. The van der Waals surface area contributed by atoms with Gasteiger partial charge >= 0.3 is 5.97 Å². The minimum atomic E-state index is -1.03. The van der Waals surface area contributed by atoms with Gasteiger partial charge in [0.2, 0.25) is 5.91 Å². The van der Waals surface area contributed by atoms with Crippen molar-refractivity contribution in [2.75, 3.05) is 0 Å². The lowest BCUT2D eigenvalue weighted by atomic mass is 10.1. The van der Waals surface area contributed by atoms with Crippen LogP contribution in [0.25, 0.3) is 10.9 Å². The van der Waals surface area contributed by atoms with Crippen LogP contribution in [0.2, 0.25) is 0 Å². The first-order valence-corrected chi connectivity index (χ1v) is 5.63. The number of H-pyrrole nitrogens is 1. The molecular weight excluding hydrogens is 259 g/mol. The molecule has 0 saturated carbocycles. The topological polar surface area (TPSA) is 82.2 Å². The summed E-state index contributed by atoms with van der Waals surface area (Å²) < 4.78 is 0. The number of hydrogen-bond acceptors (Lipinski definition) is 2. The molecule has 0 aliphatic carbocycles. The van der Waals surface area contributed by atoms with Gasteiger partial charge in [0.15, 0.2) is 0 Å². The van der Waals surface area contributed by atoms with Crippen molar-refractivity contribution in [1.29, 1.82) is 0 Å². The molecule has 19 heavy (non-hydrogen) atoms. The molecule has 0 aliphatic heterocycles. The van der Waals surface area contributed by atoms with Crippen molar-refractivity contribution in [3.05, 3.63) is 36.0 Å². The summed E-state index contributed by atoms with van der Waals surface area (Å²) in [5.41, 5.74) is 1.84. The average Bonchev–Trinajstić information content (AvgIpc) is 2.71. The predicted molar refractivity (Wildman–Crippen MR) is 73.0 cm³/mol. The van der Waals surface area contributed by atoms with Crippen LogP contribution in [-0.4, -0.2) is 45.4 Å². The molecule has 2 aromatic rings. The second-order valence-electron chi connectivity index (χ2n) is 4.15. The second kappa shape index (κ2) is 6.41. The van der Waals surface area contributed by atoms with Crippen molar-refractivity contribution in [3.63, 3.8) is 0 Å². The Labute approximate surface area is 121 Å². The van der Waals surface area contributed by atoms with Gasteiger partial charge in [0, 0.05) is 47.8 Å². The van der Waals surface area contributed by atoms with Gasteiger partial charge in [-0.15, -0.1) is 0 Å². The molecule has 3 radical (unpaired) electrons. The van der Waals surface area contributed by atoms with E-state index in [1.165, 1.54) is 6.92 Å². The highest BCUT2D eigenvalue weighted by molar-refractivity contribution is 5.86. The summed E-state index contributed by atoms with van der Waals surface area (Å²) in [5, 5.41) is 12.5. The van der Waals surface area contributed by atoms with Gasteiger partial charge in [-0.3, -0.25) is 4.79 Å². The first-order chi connectivity index (χ1) is 8.58. The van der Waals surface area contributed by atoms with Crippen LogP contribution in [0.4, 0.5) is 0 Å². The molecule has 1 aromatic heterocycles. The molecule has 0 saturated heterocycles. The number of nitrogens with one attached hydrogen (secondary N) is 2. The summed E-state index contributed by atoms with van der Waals surface area (Å²) in [5.74, 6) is -1.38. The van der Waals surface area contributed by atoms with Gasteiger partial charge in [0.25, 0.3) is 0 Å². The minimum Gasteiger partial charge on any atom is -0.480 e. The number of carbonyl (C=O) groups excluding carboxylic acids is 1. The summed E-state index contributed by atoms with van der Waals surface area (Å²) in [4.78, 5) is 25.1. The molecule has 1 atom stereocenters. The summed E-state index contributed by atoms with van der Waals surface area (Å²) in [6.07, 6.45) is 2.04. The molecule has 2 rings (SSSR count). The number of aromatic amines is 1. The molecule has 0 aliphatic rings. The summed E-state index contributed by atoms with van der Waals surface area (Å²) in [7, 11) is 0. The van der Waals surface area contributed by atoms with Crippen LogP contribution in [-0.2, 0) is 16.0 Å². The number of hydrogen-bond donors (Lipinski definition) is 3. The molecule has 1 amide bonds. The Morgan fingerprint density at radius 2 is 2.05 bits per heavy atom. The van der Waals surface area contributed by atoms with Crippen LogP contribution in [0.5, 0.6) is 0 Å². The number of aromatic nitrogens is 1. The lowest BCUT2D eigenvalue weighted by Crippen LogP contribution is -2.41. The number of carboxylic acids is 1. The second-order valence-corrected chi connectivity index (χ2v) is 4.15. The molecule has 6 heteroatoms. The summed E-state index contributed by atoms with van der Waals surface area (Å²) in [6.45, 7) is 1.31. The fraction of sp³-hybridized carbons (Fsp3) is 0.231. The first kappa shape index (κ1) is 15.3. The third kappa shape index (κ3) is 3.60. The van der Waals surface area contributed by atoms with Gasteiger partial charge in [0.05, 0.1) is 0 Å². The number of carboxylic acid groups (broad SMARTS) is 1. The molecule has 0 fully saturated rings. The van der Waals surface area contributed by atoms with E-state index in [0.717, 1.165) is 16.5 Å². The Kier molecular flexibility index (Phi) is 5.16.